The van der Waals surface area contributed by atoms with E-state index in [9.17, 15) is 21.6 Å². The lowest BCUT2D eigenvalue weighted by molar-refractivity contribution is 0.126. The van der Waals surface area contributed by atoms with E-state index in [2.05, 4.69) is 21.2 Å². The van der Waals surface area contributed by atoms with Gasteiger partial charge in [0.25, 0.3) is 6.43 Å². The highest BCUT2D eigenvalue weighted by Gasteiger charge is 2.28. The Morgan fingerprint density at radius 2 is 2.00 bits per heavy atom. The second-order valence-corrected chi connectivity index (χ2v) is 7.01. The summed E-state index contributed by atoms with van der Waals surface area (Å²) in [5, 5.41) is 2.70. The van der Waals surface area contributed by atoms with Crippen LogP contribution in [-0.4, -0.2) is 39.8 Å². The summed E-state index contributed by atoms with van der Waals surface area (Å²) < 4.78 is 63.8. The van der Waals surface area contributed by atoms with Gasteiger partial charge in [-0.1, -0.05) is 15.9 Å². The number of hydrogen-bond donors (Lipinski definition) is 1. The minimum atomic E-state index is -4.31. The van der Waals surface area contributed by atoms with E-state index in [-0.39, 0.29) is 12.1 Å². The van der Waals surface area contributed by atoms with Gasteiger partial charge in [0.1, 0.15) is 10.7 Å². The summed E-state index contributed by atoms with van der Waals surface area (Å²) in [5.74, 6) is -0.941. The predicted octanol–water partition coefficient (Wildman–Crippen LogP) is 2.19. The van der Waals surface area contributed by atoms with Crippen LogP contribution in [0.2, 0.25) is 0 Å². The third kappa shape index (κ3) is 3.94. The van der Waals surface area contributed by atoms with Gasteiger partial charge in [-0.05, 0) is 19.2 Å². The molecule has 0 spiro atoms. The largest absolute Gasteiger partial charge is 0.316 e. The van der Waals surface area contributed by atoms with Crippen molar-refractivity contribution in [2.75, 3.05) is 20.6 Å². The SMILES string of the molecule is CNCc1cc(Br)cc(S(=O)(=O)N(C)CC(F)F)c1F. The van der Waals surface area contributed by atoms with E-state index in [4.69, 9.17) is 0 Å². The van der Waals surface area contributed by atoms with Crippen LogP contribution >= 0.6 is 15.9 Å². The van der Waals surface area contributed by atoms with E-state index in [1.165, 1.54) is 6.07 Å². The summed E-state index contributed by atoms with van der Waals surface area (Å²) in [4.78, 5) is -0.625. The minimum absolute atomic E-state index is 0.117. The standard InChI is InChI=1S/C11H14BrF3N2O2S/c1-16-5-7-3-8(12)4-9(11(7)15)20(18,19)17(2)6-10(13)14/h3-4,10,16H,5-6H2,1-2H3. The zero-order valence-electron chi connectivity index (χ0n) is 10.8. The molecule has 1 aromatic carbocycles. The Bertz CT molecular complexity index is 581. The number of sulfonamides is 1. The molecule has 0 saturated carbocycles. The predicted molar refractivity (Wildman–Crippen MR) is 72.7 cm³/mol. The average Bonchev–Trinajstić information content (AvgIpc) is 2.32. The van der Waals surface area contributed by atoms with Crippen LogP contribution in [0.5, 0.6) is 0 Å². The van der Waals surface area contributed by atoms with Crippen molar-refractivity contribution in [1.29, 1.82) is 0 Å². The molecule has 0 aromatic heterocycles. The van der Waals surface area contributed by atoms with Gasteiger partial charge in [0.15, 0.2) is 0 Å². The Morgan fingerprint density at radius 3 is 2.50 bits per heavy atom. The maximum absolute atomic E-state index is 14.2. The molecule has 0 radical (unpaired) electrons. The highest BCUT2D eigenvalue weighted by Crippen LogP contribution is 2.26. The third-order valence-electron chi connectivity index (χ3n) is 2.53. The highest BCUT2D eigenvalue weighted by molar-refractivity contribution is 9.10. The van der Waals surface area contributed by atoms with Gasteiger partial charge in [0.2, 0.25) is 10.0 Å². The molecule has 0 atom stereocenters. The summed E-state index contributed by atoms with van der Waals surface area (Å²) in [6, 6.07) is 2.49. The Morgan fingerprint density at radius 1 is 1.40 bits per heavy atom. The molecule has 9 heteroatoms. The molecule has 0 aliphatic carbocycles. The fourth-order valence-corrected chi connectivity index (χ4v) is 3.52. The van der Waals surface area contributed by atoms with Crippen molar-refractivity contribution >= 4 is 26.0 Å². The molecule has 0 heterocycles. The van der Waals surface area contributed by atoms with Crippen molar-refractivity contribution < 1.29 is 21.6 Å². The lowest BCUT2D eigenvalue weighted by atomic mass is 10.2. The average molecular weight is 375 g/mol. The van der Waals surface area contributed by atoms with Gasteiger partial charge in [-0.25, -0.2) is 21.6 Å². The zero-order chi connectivity index (χ0) is 15.5. The van der Waals surface area contributed by atoms with Crippen molar-refractivity contribution in [3.05, 3.63) is 28.0 Å². The highest BCUT2D eigenvalue weighted by atomic mass is 79.9. The molecule has 0 aliphatic heterocycles. The maximum Gasteiger partial charge on any atom is 0.252 e. The molecular formula is C11H14BrF3N2O2S. The number of benzene rings is 1. The van der Waals surface area contributed by atoms with Gasteiger partial charge < -0.3 is 5.32 Å². The Hall–Kier alpha value is -0.640. The molecule has 0 fully saturated rings. The van der Waals surface area contributed by atoms with Gasteiger partial charge in [-0.2, -0.15) is 4.31 Å². The molecule has 0 aliphatic rings. The molecule has 114 valence electrons. The topological polar surface area (TPSA) is 49.4 Å². The Kier molecular flexibility index (Phi) is 5.99. The first-order valence-corrected chi connectivity index (χ1v) is 7.80. The normalized spacial score (nSPS) is 12.4. The van der Waals surface area contributed by atoms with E-state index in [0.29, 0.717) is 8.78 Å². The number of hydrogen-bond acceptors (Lipinski definition) is 3. The van der Waals surface area contributed by atoms with Crippen molar-refractivity contribution in [3.63, 3.8) is 0 Å². The molecule has 0 saturated heterocycles. The number of nitrogens with zero attached hydrogens (tertiary/aromatic N) is 1. The minimum Gasteiger partial charge on any atom is -0.316 e. The quantitative estimate of drug-likeness (QED) is 0.830. The van der Waals surface area contributed by atoms with Crippen molar-refractivity contribution in [2.45, 2.75) is 17.9 Å². The van der Waals surface area contributed by atoms with Gasteiger partial charge in [-0.3, -0.25) is 0 Å². The van der Waals surface area contributed by atoms with Gasteiger partial charge >= 0.3 is 0 Å². The van der Waals surface area contributed by atoms with Gasteiger partial charge in [0, 0.05) is 23.6 Å². The number of halogens is 4. The van der Waals surface area contributed by atoms with Crippen LogP contribution in [0.3, 0.4) is 0 Å². The van der Waals surface area contributed by atoms with Crippen LogP contribution in [0.15, 0.2) is 21.5 Å². The first-order chi connectivity index (χ1) is 9.20. The van der Waals surface area contributed by atoms with E-state index in [0.717, 1.165) is 13.1 Å². The molecular weight excluding hydrogens is 361 g/mol. The van der Waals surface area contributed by atoms with Crippen LogP contribution in [0.1, 0.15) is 5.56 Å². The first kappa shape index (κ1) is 17.4. The lowest BCUT2D eigenvalue weighted by Crippen LogP contribution is -2.32. The van der Waals surface area contributed by atoms with E-state index in [1.807, 2.05) is 0 Å². The second kappa shape index (κ2) is 6.88. The lowest BCUT2D eigenvalue weighted by Gasteiger charge is -2.18. The molecule has 0 bridgehead atoms. The summed E-state index contributed by atoms with van der Waals surface area (Å²) in [5.41, 5.74) is 0.130. The summed E-state index contributed by atoms with van der Waals surface area (Å²) in [6.07, 6.45) is -2.83. The van der Waals surface area contributed by atoms with Crippen LogP contribution in [0.4, 0.5) is 13.2 Å². The van der Waals surface area contributed by atoms with E-state index >= 15 is 0 Å². The van der Waals surface area contributed by atoms with Crippen molar-refractivity contribution in [1.82, 2.24) is 9.62 Å². The van der Waals surface area contributed by atoms with Crippen molar-refractivity contribution in [2.24, 2.45) is 0 Å². The van der Waals surface area contributed by atoms with Gasteiger partial charge in [-0.15, -0.1) is 0 Å². The van der Waals surface area contributed by atoms with Crippen LogP contribution in [0.25, 0.3) is 0 Å². The van der Waals surface area contributed by atoms with E-state index in [1.54, 1.807) is 7.05 Å². The number of alkyl halides is 2. The first-order valence-electron chi connectivity index (χ1n) is 5.57. The molecule has 0 unspecified atom stereocenters. The molecule has 1 N–H and O–H groups in total. The number of rotatable bonds is 6. The fraction of sp³-hybridized carbons (Fsp3) is 0.455. The molecule has 20 heavy (non-hydrogen) atoms. The number of nitrogens with one attached hydrogen (secondary N) is 1. The van der Waals surface area contributed by atoms with Crippen molar-refractivity contribution in [3.8, 4) is 0 Å². The monoisotopic (exact) mass is 374 g/mol. The molecule has 4 nitrogen and oxygen atoms in total. The molecule has 1 rings (SSSR count). The summed E-state index contributed by atoms with van der Waals surface area (Å²) >= 11 is 3.08. The van der Waals surface area contributed by atoms with Crippen LogP contribution < -0.4 is 5.32 Å². The second-order valence-electron chi connectivity index (χ2n) is 4.08. The van der Waals surface area contributed by atoms with Crippen LogP contribution in [0, 0.1) is 5.82 Å². The Balaban J connectivity index is 3.31. The molecule has 0 amide bonds. The Labute approximate surface area is 124 Å². The maximum atomic E-state index is 14.2. The third-order valence-corrected chi connectivity index (χ3v) is 4.81. The smallest absolute Gasteiger partial charge is 0.252 e. The summed E-state index contributed by atoms with van der Waals surface area (Å²) in [7, 11) is -1.74. The zero-order valence-corrected chi connectivity index (χ0v) is 13.2. The fourth-order valence-electron chi connectivity index (χ4n) is 1.59. The van der Waals surface area contributed by atoms with E-state index < -0.39 is 33.7 Å². The van der Waals surface area contributed by atoms with Crippen LogP contribution in [-0.2, 0) is 16.6 Å². The molecule has 1 aromatic rings. The van der Waals surface area contributed by atoms with Gasteiger partial charge in [0.05, 0.1) is 6.54 Å². The summed E-state index contributed by atoms with van der Waals surface area (Å²) in [6.45, 7) is -0.873.